The Kier molecular flexibility index (Phi) is 5.41. The second kappa shape index (κ2) is 7.12. The molecule has 1 aliphatic carbocycles. The Morgan fingerprint density at radius 1 is 1.26 bits per heavy atom. The molecule has 4 N–H and O–H groups in total. The second-order valence-electron chi connectivity index (χ2n) is 6.24. The van der Waals surface area contributed by atoms with Gasteiger partial charge in [-0.3, -0.25) is 14.4 Å². The SMILES string of the molecule is CC(C)c1cc(C(N)=O)c(NC(=O)[C@H]2CCCC[C@H]2C(=O)O)s1. The number of carboxylic acid groups (broad SMARTS) is 1. The van der Waals surface area contributed by atoms with Crippen molar-refractivity contribution in [1.29, 1.82) is 0 Å². The molecule has 1 fully saturated rings. The molecule has 23 heavy (non-hydrogen) atoms. The molecule has 0 bridgehead atoms. The third kappa shape index (κ3) is 3.90. The van der Waals surface area contributed by atoms with Gasteiger partial charge in [-0.25, -0.2) is 0 Å². The number of carbonyl (C=O) groups excluding carboxylic acids is 2. The molecule has 6 nitrogen and oxygen atoms in total. The minimum absolute atomic E-state index is 0.213. The van der Waals surface area contributed by atoms with Gasteiger partial charge in [0.15, 0.2) is 0 Å². The van der Waals surface area contributed by atoms with Gasteiger partial charge in [0, 0.05) is 4.88 Å². The van der Waals surface area contributed by atoms with E-state index in [0.717, 1.165) is 17.7 Å². The lowest BCUT2D eigenvalue weighted by molar-refractivity contribution is -0.147. The van der Waals surface area contributed by atoms with E-state index in [9.17, 15) is 19.5 Å². The molecular weight excluding hydrogens is 316 g/mol. The van der Waals surface area contributed by atoms with E-state index in [0.29, 0.717) is 17.8 Å². The van der Waals surface area contributed by atoms with Crippen molar-refractivity contribution in [1.82, 2.24) is 0 Å². The highest BCUT2D eigenvalue weighted by atomic mass is 32.1. The number of carboxylic acids is 1. The number of thiophene rings is 1. The summed E-state index contributed by atoms with van der Waals surface area (Å²) in [6.45, 7) is 3.98. The van der Waals surface area contributed by atoms with Crippen LogP contribution in [0, 0.1) is 11.8 Å². The molecule has 0 unspecified atom stereocenters. The molecule has 1 aromatic rings. The molecule has 2 rings (SSSR count). The van der Waals surface area contributed by atoms with Crippen LogP contribution in [0.5, 0.6) is 0 Å². The third-order valence-corrected chi connectivity index (χ3v) is 5.59. The number of hydrogen-bond acceptors (Lipinski definition) is 4. The molecule has 2 amide bonds. The Bertz CT molecular complexity index is 624. The Balaban J connectivity index is 2.22. The van der Waals surface area contributed by atoms with Crippen molar-refractivity contribution in [3.05, 3.63) is 16.5 Å². The number of nitrogens with two attached hydrogens (primary N) is 1. The van der Waals surface area contributed by atoms with E-state index in [1.165, 1.54) is 11.3 Å². The van der Waals surface area contributed by atoms with Crippen LogP contribution in [0.4, 0.5) is 5.00 Å². The number of amides is 2. The van der Waals surface area contributed by atoms with Crippen molar-refractivity contribution in [3.8, 4) is 0 Å². The largest absolute Gasteiger partial charge is 0.481 e. The Morgan fingerprint density at radius 3 is 2.39 bits per heavy atom. The predicted molar refractivity (Wildman–Crippen MR) is 88.6 cm³/mol. The fourth-order valence-electron chi connectivity index (χ4n) is 2.92. The minimum Gasteiger partial charge on any atom is -0.481 e. The van der Waals surface area contributed by atoms with E-state index in [-0.39, 0.29) is 17.4 Å². The predicted octanol–water partition coefficient (Wildman–Crippen LogP) is 2.80. The second-order valence-corrected chi connectivity index (χ2v) is 7.32. The fourth-order valence-corrected chi connectivity index (χ4v) is 3.98. The molecule has 2 atom stereocenters. The molecule has 0 aromatic carbocycles. The molecule has 126 valence electrons. The minimum atomic E-state index is -0.936. The lowest BCUT2D eigenvalue weighted by Gasteiger charge is -2.27. The number of primary amides is 1. The highest BCUT2D eigenvalue weighted by Gasteiger charge is 2.36. The fraction of sp³-hybridized carbons (Fsp3) is 0.562. The quantitative estimate of drug-likeness (QED) is 0.766. The molecule has 7 heteroatoms. The number of nitrogens with one attached hydrogen (secondary N) is 1. The van der Waals surface area contributed by atoms with Gasteiger partial charge in [-0.15, -0.1) is 11.3 Å². The summed E-state index contributed by atoms with van der Waals surface area (Å²) in [6.07, 6.45) is 2.73. The van der Waals surface area contributed by atoms with E-state index >= 15 is 0 Å². The number of aliphatic carboxylic acids is 1. The van der Waals surface area contributed by atoms with Crippen LogP contribution >= 0.6 is 11.3 Å². The van der Waals surface area contributed by atoms with Crippen LogP contribution in [-0.4, -0.2) is 22.9 Å². The van der Waals surface area contributed by atoms with Gasteiger partial charge < -0.3 is 16.2 Å². The summed E-state index contributed by atoms with van der Waals surface area (Å²) < 4.78 is 0. The summed E-state index contributed by atoms with van der Waals surface area (Å²) in [4.78, 5) is 36.4. The summed E-state index contributed by atoms with van der Waals surface area (Å²) in [6, 6.07) is 1.70. The van der Waals surface area contributed by atoms with Gasteiger partial charge in [-0.05, 0) is 24.8 Å². The number of hydrogen-bond donors (Lipinski definition) is 3. The van der Waals surface area contributed by atoms with Crippen LogP contribution in [-0.2, 0) is 9.59 Å². The maximum absolute atomic E-state index is 12.5. The number of carbonyl (C=O) groups is 3. The maximum Gasteiger partial charge on any atom is 0.307 e. The molecule has 1 aromatic heterocycles. The van der Waals surface area contributed by atoms with Crippen molar-refractivity contribution < 1.29 is 19.5 Å². The average molecular weight is 338 g/mol. The average Bonchev–Trinajstić information content (AvgIpc) is 2.91. The molecule has 0 aliphatic heterocycles. The maximum atomic E-state index is 12.5. The van der Waals surface area contributed by atoms with Crippen LogP contribution in [0.1, 0.15) is 60.7 Å². The molecule has 1 saturated carbocycles. The standard InChI is InChI=1S/C16H22N2O4S/c1-8(2)12-7-11(13(17)19)15(23-12)18-14(20)9-5-3-4-6-10(9)16(21)22/h7-10H,3-6H2,1-2H3,(H2,17,19)(H,18,20)(H,21,22)/t9-,10+/m0/s1. The van der Waals surface area contributed by atoms with Gasteiger partial charge in [0.25, 0.3) is 5.91 Å². The Hall–Kier alpha value is -1.89. The molecule has 0 spiro atoms. The van der Waals surface area contributed by atoms with Crippen LogP contribution in [0.15, 0.2) is 6.07 Å². The smallest absolute Gasteiger partial charge is 0.307 e. The lowest BCUT2D eigenvalue weighted by atomic mass is 9.79. The van der Waals surface area contributed by atoms with E-state index in [1.807, 2.05) is 13.8 Å². The van der Waals surface area contributed by atoms with Crippen LogP contribution in [0.3, 0.4) is 0 Å². The van der Waals surface area contributed by atoms with E-state index in [2.05, 4.69) is 5.32 Å². The molecule has 1 aliphatic rings. The van der Waals surface area contributed by atoms with E-state index < -0.39 is 23.7 Å². The van der Waals surface area contributed by atoms with Crippen molar-refractivity contribution in [3.63, 3.8) is 0 Å². The first-order chi connectivity index (χ1) is 10.8. The highest BCUT2D eigenvalue weighted by Crippen LogP contribution is 2.35. The zero-order valence-corrected chi connectivity index (χ0v) is 14.1. The first kappa shape index (κ1) is 17.5. The van der Waals surface area contributed by atoms with Gasteiger partial charge in [0.05, 0.1) is 17.4 Å². The first-order valence-corrected chi connectivity index (χ1v) is 8.60. The summed E-state index contributed by atoms with van der Waals surface area (Å²) >= 11 is 1.32. The molecule has 0 radical (unpaired) electrons. The van der Waals surface area contributed by atoms with Crippen LogP contribution in [0.25, 0.3) is 0 Å². The summed E-state index contributed by atoms with van der Waals surface area (Å²) in [5.74, 6) is -2.88. The third-order valence-electron chi connectivity index (χ3n) is 4.24. The van der Waals surface area contributed by atoms with Gasteiger partial charge >= 0.3 is 5.97 Å². The van der Waals surface area contributed by atoms with Gasteiger partial charge in [0.1, 0.15) is 5.00 Å². The van der Waals surface area contributed by atoms with E-state index in [4.69, 9.17) is 5.73 Å². The lowest BCUT2D eigenvalue weighted by Crippen LogP contribution is -2.36. The number of rotatable bonds is 5. The Morgan fingerprint density at radius 2 is 1.87 bits per heavy atom. The van der Waals surface area contributed by atoms with Crippen molar-refractivity contribution >= 4 is 34.1 Å². The van der Waals surface area contributed by atoms with E-state index in [1.54, 1.807) is 6.07 Å². The van der Waals surface area contributed by atoms with Gasteiger partial charge in [-0.2, -0.15) is 0 Å². The topological polar surface area (TPSA) is 109 Å². The van der Waals surface area contributed by atoms with Crippen molar-refractivity contribution in [2.75, 3.05) is 5.32 Å². The summed E-state index contributed by atoms with van der Waals surface area (Å²) in [7, 11) is 0. The van der Waals surface area contributed by atoms with Gasteiger partial charge in [0.2, 0.25) is 5.91 Å². The van der Waals surface area contributed by atoms with Crippen molar-refractivity contribution in [2.45, 2.75) is 45.4 Å². The first-order valence-electron chi connectivity index (χ1n) is 7.78. The zero-order valence-electron chi connectivity index (χ0n) is 13.3. The Labute approximate surface area is 139 Å². The molecular formula is C16H22N2O4S. The zero-order chi connectivity index (χ0) is 17.1. The van der Waals surface area contributed by atoms with Gasteiger partial charge in [-0.1, -0.05) is 26.7 Å². The monoisotopic (exact) mass is 338 g/mol. The van der Waals surface area contributed by atoms with Crippen LogP contribution in [0.2, 0.25) is 0 Å². The normalized spacial score (nSPS) is 21.2. The van der Waals surface area contributed by atoms with Crippen molar-refractivity contribution in [2.24, 2.45) is 17.6 Å². The molecule has 0 saturated heterocycles. The highest BCUT2D eigenvalue weighted by molar-refractivity contribution is 7.16. The molecule has 1 heterocycles. The number of anilines is 1. The summed E-state index contributed by atoms with van der Waals surface area (Å²) in [5, 5.41) is 12.4. The van der Waals surface area contributed by atoms with Crippen LogP contribution < -0.4 is 11.1 Å². The summed E-state index contributed by atoms with van der Waals surface area (Å²) in [5.41, 5.74) is 5.67.